The van der Waals surface area contributed by atoms with Crippen LogP contribution < -0.4 is 15.0 Å². The van der Waals surface area contributed by atoms with E-state index in [4.69, 9.17) is 4.74 Å². The fraction of sp³-hybridized carbons (Fsp3) is 0.375. The van der Waals surface area contributed by atoms with E-state index in [-0.39, 0.29) is 11.4 Å². The number of anilines is 1. The normalized spacial score (nSPS) is 26.9. The predicted octanol–water partition coefficient (Wildman–Crippen LogP) is 2.92. The molecule has 10 nitrogen and oxygen atoms in total. The first-order valence-corrected chi connectivity index (χ1v) is 10.9. The van der Waals surface area contributed by atoms with Crippen molar-refractivity contribution in [1.29, 1.82) is 0 Å². The molecule has 5 unspecified atom stereocenters. The number of non-ortho nitro benzene ring substituents is 1. The molecule has 4 rings (SSSR count). The van der Waals surface area contributed by atoms with Gasteiger partial charge in [0, 0.05) is 23.7 Å². The summed E-state index contributed by atoms with van der Waals surface area (Å²) in [6.07, 6.45) is 0.444. The maximum absolute atomic E-state index is 13.8. The summed E-state index contributed by atoms with van der Waals surface area (Å²) < 4.78 is 5.47. The highest BCUT2D eigenvalue weighted by atomic mass is 16.6. The number of nitro groups is 1. The number of rotatable bonds is 7. The largest absolute Gasteiger partial charge is 0.496 e. The second-order valence-electron chi connectivity index (χ2n) is 8.64. The maximum Gasteiger partial charge on any atom is 0.325 e. The summed E-state index contributed by atoms with van der Waals surface area (Å²) in [5, 5.41) is 24.8. The molecule has 0 bridgehead atoms. The zero-order valence-corrected chi connectivity index (χ0v) is 18.9. The van der Waals surface area contributed by atoms with E-state index in [0.29, 0.717) is 17.7 Å². The third kappa shape index (κ3) is 3.25. The summed E-state index contributed by atoms with van der Waals surface area (Å²) in [4.78, 5) is 51.8. The van der Waals surface area contributed by atoms with Crippen molar-refractivity contribution in [3.8, 4) is 5.75 Å². The number of carbonyl (C=O) groups is 3. The van der Waals surface area contributed by atoms with Gasteiger partial charge < -0.3 is 9.84 Å². The number of benzene rings is 2. The van der Waals surface area contributed by atoms with Gasteiger partial charge in [-0.05, 0) is 18.1 Å². The molecule has 178 valence electrons. The minimum absolute atomic E-state index is 0.0424. The lowest BCUT2D eigenvalue weighted by atomic mass is 9.72. The number of carbonyl (C=O) groups excluding carboxylic acids is 2. The molecule has 2 aliphatic rings. The smallest absolute Gasteiger partial charge is 0.325 e. The highest BCUT2D eigenvalue weighted by molar-refractivity contribution is 6.24. The van der Waals surface area contributed by atoms with Crippen LogP contribution in [0, 0.1) is 27.9 Å². The fourth-order valence-electron chi connectivity index (χ4n) is 5.31. The van der Waals surface area contributed by atoms with Crippen LogP contribution >= 0.6 is 0 Å². The first-order chi connectivity index (χ1) is 16.2. The Balaban J connectivity index is 1.91. The van der Waals surface area contributed by atoms with Crippen molar-refractivity contribution in [2.24, 2.45) is 17.8 Å². The predicted molar refractivity (Wildman–Crippen MR) is 121 cm³/mol. The zero-order chi connectivity index (χ0) is 24.8. The third-order valence-electron chi connectivity index (χ3n) is 7.11. The second-order valence-corrected chi connectivity index (χ2v) is 8.64. The fourth-order valence-corrected chi connectivity index (χ4v) is 5.31. The Morgan fingerprint density at radius 1 is 1.24 bits per heavy atom. The van der Waals surface area contributed by atoms with Crippen LogP contribution in [-0.4, -0.2) is 40.5 Å². The lowest BCUT2D eigenvalue weighted by Gasteiger charge is -2.36. The SMILES string of the molecule is CCC(C)C1(C(=O)O)NC(c2ccccc2OC)C2C(=O)N(c3cccc([N+](=O)[O-])c3)C(=O)C21. The number of nitrogens with one attached hydrogen (secondary N) is 1. The molecule has 10 heteroatoms. The summed E-state index contributed by atoms with van der Waals surface area (Å²) in [5.74, 6) is -4.81. The zero-order valence-electron chi connectivity index (χ0n) is 18.9. The number of hydrogen-bond donors (Lipinski definition) is 2. The highest BCUT2D eigenvalue weighted by Gasteiger charge is 2.70. The van der Waals surface area contributed by atoms with Crippen LogP contribution in [-0.2, 0) is 14.4 Å². The minimum Gasteiger partial charge on any atom is -0.496 e. The van der Waals surface area contributed by atoms with Crippen LogP contribution in [0.3, 0.4) is 0 Å². The van der Waals surface area contributed by atoms with Crippen molar-refractivity contribution in [3.05, 3.63) is 64.2 Å². The standard InChI is InChI=1S/C24H25N3O7/c1-4-13(2)24(23(30)31)19-18(20(25-24)16-10-5-6-11-17(16)34-3)21(28)26(22(19)29)14-8-7-9-15(12-14)27(32)33/h5-13,18-20,25H,4H2,1-3H3,(H,30,31). The number of methoxy groups -OCH3 is 1. The number of carboxylic acid groups (broad SMARTS) is 1. The molecule has 2 fully saturated rings. The van der Waals surface area contributed by atoms with E-state index in [0.717, 1.165) is 11.0 Å². The average Bonchev–Trinajstić information content (AvgIpc) is 3.33. The van der Waals surface area contributed by atoms with E-state index in [1.807, 2.05) is 6.92 Å². The molecule has 2 aromatic rings. The number of nitrogens with zero attached hydrogens (tertiary/aromatic N) is 2. The molecular weight excluding hydrogens is 442 g/mol. The molecule has 2 amide bonds. The van der Waals surface area contributed by atoms with E-state index in [1.54, 1.807) is 31.2 Å². The van der Waals surface area contributed by atoms with Gasteiger partial charge in [0.2, 0.25) is 11.8 Å². The van der Waals surface area contributed by atoms with Crippen LogP contribution in [0.2, 0.25) is 0 Å². The Kier molecular flexibility index (Phi) is 5.86. The molecule has 0 radical (unpaired) electrons. The summed E-state index contributed by atoms with van der Waals surface area (Å²) >= 11 is 0. The molecule has 2 heterocycles. The van der Waals surface area contributed by atoms with E-state index < -0.39 is 52.0 Å². The van der Waals surface area contributed by atoms with Crippen LogP contribution in [0.1, 0.15) is 31.9 Å². The van der Waals surface area contributed by atoms with Gasteiger partial charge in [-0.15, -0.1) is 0 Å². The molecular formula is C24H25N3O7. The summed E-state index contributed by atoms with van der Waals surface area (Å²) in [6.45, 7) is 3.55. The van der Waals surface area contributed by atoms with Crippen molar-refractivity contribution in [3.63, 3.8) is 0 Å². The average molecular weight is 467 g/mol. The molecule has 0 saturated carbocycles. The first-order valence-electron chi connectivity index (χ1n) is 10.9. The monoisotopic (exact) mass is 467 g/mol. The van der Waals surface area contributed by atoms with Crippen LogP contribution in [0.5, 0.6) is 5.75 Å². The van der Waals surface area contributed by atoms with E-state index in [2.05, 4.69) is 5.32 Å². The lowest BCUT2D eigenvalue weighted by Crippen LogP contribution is -2.59. The number of amides is 2. The highest BCUT2D eigenvalue weighted by Crippen LogP contribution is 2.53. The number of fused-ring (bicyclic) bond motifs is 1. The molecule has 5 atom stereocenters. The maximum atomic E-state index is 13.8. The van der Waals surface area contributed by atoms with Gasteiger partial charge in [0.25, 0.3) is 5.69 Å². The molecule has 2 saturated heterocycles. The quantitative estimate of drug-likeness (QED) is 0.360. The Labute approximate surface area is 195 Å². The topological polar surface area (TPSA) is 139 Å². The lowest BCUT2D eigenvalue weighted by molar-refractivity contribution is -0.384. The van der Waals surface area contributed by atoms with E-state index >= 15 is 0 Å². The molecule has 0 spiro atoms. The van der Waals surface area contributed by atoms with Crippen molar-refractivity contribution in [2.75, 3.05) is 12.0 Å². The van der Waals surface area contributed by atoms with Gasteiger partial charge >= 0.3 is 5.97 Å². The Hall–Kier alpha value is -3.79. The third-order valence-corrected chi connectivity index (χ3v) is 7.11. The Bertz CT molecular complexity index is 1180. The number of para-hydroxylation sites is 1. The number of nitro benzene ring substituents is 1. The molecule has 0 aliphatic carbocycles. The molecule has 2 N–H and O–H groups in total. The van der Waals surface area contributed by atoms with Crippen LogP contribution in [0.15, 0.2) is 48.5 Å². The number of aliphatic carboxylic acids is 1. The number of imide groups is 1. The van der Waals surface area contributed by atoms with Gasteiger partial charge in [0.1, 0.15) is 11.3 Å². The van der Waals surface area contributed by atoms with Crippen molar-refractivity contribution < 1.29 is 29.2 Å². The van der Waals surface area contributed by atoms with Gasteiger partial charge in [0.05, 0.1) is 29.6 Å². The molecule has 2 aliphatic heterocycles. The summed E-state index contributed by atoms with van der Waals surface area (Å²) in [7, 11) is 1.47. The van der Waals surface area contributed by atoms with Gasteiger partial charge in [-0.1, -0.05) is 44.5 Å². The minimum atomic E-state index is -1.72. The second kappa shape index (κ2) is 8.53. The van der Waals surface area contributed by atoms with Crippen molar-refractivity contribution >= 4 is 29.2 Å². The van der Waals surface area contributed by atoms with Gasteiger partial charge in [-0.3, -0.25) is 29.8 Å². The Morgan fingerprint density at radius 3 is 2.56 bits per heavy atom. The summed E-state index contributed by atoms with van der Waals surface area (Å²) in [5.41, 5.74) is -1.39. The van der Waals surface area contributed by atoms with Gasteiger partial charge in [-0.25, -0.2) is 4.90 Å². The van der Waals surface area contributed by atoms with Gasteiger partial charge in [-0.2, -0.15) is 0 Å². The molecule has 34 heavy (non-hydrogen) atoms. The molecule has 2 aromatic carbocycles. The number of carboxylic acids is 1. The summed E-state index contributed by atoms with van der Waals surface area (Å²) in [6, 6.07) is 11.3. The first kappa shape index (κ1) is 23.4. The van der Waals surface area contributed by atoms with Crippen LogP contribution in [0.25, 0.3) is 0 Å². The van der Waals surface area contributed by atoms with Crippen molar-refractivity contribution in [2.45, 2.75) is 31.8 Å². The van der Waals surface area contributed by atoms with Crippen molar-refractivity contribution in [1.82, 2.24) is 5.32 Å². The van der Waals surface area contributed by atoms with Gasteiger partial charge in [0.15, 0.2) is 0 Å². The van der Waals surface area contributed by atoms with E-state index in [1.165, 1.54) is 25.3 Å². The van der Waals surface area contributed by atoms with E-state index in [9.17, 15) is 29.6 Å². The number of hydrogen-bond acceptors (Lipinski definition) is 7. The van der Waals surface area contributed by atoms with Crippen LogP contribution in [0.4, 0.5) is 11.4 Å². The molecule has 0 aromatic heterocycles. The number of ether oxygens (including phenoxy) is 1. The Morgan fingerprint density at radius 2 is 1.94 bits per heavy atom.